The van der Waals surface area contributed by atoms with Crippen LogP contribution in [-0.2, 0) is 16.1 Å². The molecule has 0 saturated heterocycles. The van der Waals surface area contributed by atoms with Crippen LogP contribution in [0.1, 0.15) is 40.2 Å². The highest BCUT2D eigenvalue weighted by Gasteiger charge is 2.11. The molecule has 0 saturated carbocycles. The predicted molar refractivity (Wildman–Crippen MR) is 105 cm³/mol. The fourth-order valence-corrected chi connectivity index (χ4v) is 1.57. The van der Waals surface area contributed by atoms with E-state index in [-0.39, 0.29) is 12.5 Å². The van der Waals surface area contributed by atoms with Crippen molar-refractivity contribution in [2.75, 3.05) is 39.5 Å². The Bertz CT molecular complexity index is 475. The summed E-state index contributed by atoms with van der Waals surface area (Å²) in [4.78, 5) is 25.9. The summed E-state index contributed by atoms with van der Waals surface area (Å²) in [6.45, 7) is 10.6. The van der Waals surface area contributed by atoms with Crippen LogP contribution < -0.4 is 5.32 Å². The molecule has 0 fully saturated rings. The second-order valence-corrected chi connectivity index (χ2v) is 4.86. The van der Waals surface area contributed by atoms with Gasteiger partial charge in [-0.3, -0.25) is 4.79 Å². The molecule has 0 aliphatic rings. The van der Waals surface area contributed by atoms with Crippen LogP contribution in [0.15, 0.2) is 24.3 Å². The lowest BCUT2D eigenvalue weighted by Gasteiger charge is -2.21. The van der Waals surface area contributed by atoms with Gasteiger partial charge in [-0.25, -0.2) is 4.79 Å². The number of hydrogen-bond donors (Lipinski definition) is 1. The molecule has 0 aromatic heterocycles. The molecule has 0 heterocycles. The van der Waals surface area contributed by atoms with E-state index in [9.17, 15) is 9.59 Å². The Hall–Kier alpha value is -2.24. The summed E-state index contributed by atoms with van der Waals surface area (Å²) in [6.07, 6.45) is -0.398. The zero-order valence-corrected chi connectivity index (χ0v) is 17.0. The summed E-state index contributed by atoms with van der Waals surface area (Å²) < 4.78 is 5.22. The molecule has 2 amide bonds. The largest absolute Gasteiger partial charge is 0.445 e. The predicted octanol–water partition coefficient (Wildman–Crippen LogP) is 3.83. The first-order valence-corrected chi connectivity index (χ1v) is 8.80. The zero-order valence-electron chi connectivity index (χ0n) is 17.0. The average molecular weight is 354 g/mol. The number of carbonyl (C=O) groups is 2. The Kier molecular flexibility index (Phi) is 15.3. The van der Waals surface area contributed by atoms with Gasteiger partial charge in [0.25, 0.3) is 0 Å². The number of carbonyl (C=O) groups excluding carboxylic acids is 2. The molecule has 25 heavy (non-hydrogen) atoms. The third-order valence-electron chi connectivity index (χ3n) is 3.22. The molecule has 1 aromatic rings. The van der Waals surface area contributed by atoms with E-state index in [0.29, 0.717) is 13.1 Å². The maximum Gasteiger partial charge on any atom is 0.409 e. The summed E-state index contributed by atoms with van der Waals surface area (Å²) in [6, 6.07) is 7.66. The second-order valence-electron chi connectivity index (χ2n) is 4.86. The van der Waals surface area contributed by atoms with E-state index in [1.165, 1.54) is 11.8 Å². The normalized spacial score (nSPS) is 8.80. The average Bonchev–Trinajstić information content (AvgIpc) is 2.67. The fourth-order valence-electron chi connectivity index (χ4n) is 1.57. The molecule has 0 aliphatic carbocycles. The first-order valence-electron chi connectivity index (χ1n) is 8.80. The van der Waals surface area contributed by atoms with Crippen LogP contribution in [0.4, 0.5) is 10.5 Å². The van der Waals surface area contributed by atoms with Gasteiger partial charge in [0, 0.05) is 46.8 Å². The van der Waals surface area contributed by atoms with Crippen molar-refractivity contribution in [3.63, 3.8) is 0 Å². The van der Waals surface area contributed by atoms with Gasteiger partial charge < -0.3 is 19.9 Å². The van der Waals surface area contributed by atoms with Gasteiger partial charge in [-0.1, -0.05) is 39.8 Å². The van der Waals surface area contributed by atoms with Crippen LogP contribution in [-0.4, -0.2) is 56.0 Å². The van der Waals surface area contributed by atoms with Gasteiger partial charge in [0.15, 0.2) is 0 Å². The third-order valence-corrected chi connectivity index (χ3v) is 3.22. The summed E-state index contributed by atoms with van der Waals surface area (Å²) in [5.41, 5.74) is 1.94. The van der Waals surface area contributed by atoms with E-state index in [1.54, 1.807) is 19.0 Å². The lowest BCUT2D eigenvalue weighted by atomic mass is 10.2. The summed E-state index contributed by atoms with van der Waals surface area (Å²) in [5, 5.41) is 3.03. The molecule has 1 N–H and O–H groups in total. The van der Waals surface area contributed by atoms with Crippen molar-refractivity contribution in [2.24, 2.45) is 0 Å². The standard InChI is InChI=1S/C15H23N3O3.2C2H6/c1-12(19)17(3)9-10-18(4)15(20)21-11-13-5-7-14(16-2)8-6-13;2*1-2/h5-8,16H,9-11H2,1-4H3;2*1-2H3. The van der Waals surface area contributed by atoms with Crippen molar-refractivity contribution < 1.29 is 14.3 Å². The first kappa shape index (κ1) is 25.0. The van der Waals surface area contributed by atoms with Gasteiger partial charge in [-0.2, -0.15) is 0 Å². The molecule has 0 atom stereocenters. The second kappa shape index (κ2) is 15.3. The summed E-state index contributed by atoms with van der Waals surface area (Å²) in [7, 11) is 5.20. The Labute approximate surface area is 153 Å². The quantitative estimate of drug-likeness (QED) is 0.844. The Balaban J connectivity index is 0. The van der Waals surface area contributed by atoms with Gasteiger partial charge in [-0.15, -0.1) is 0 Å². The summed E-state index contributed by atoms with van der Waals surface area (Å²) in [5.74, 6) is -0.0265. The van der Waals surface area contributed by atoms with Crippen LogP contribution >= 0.6 is 0 Å². The van der Waals surface area contributed by atoms with Crippen molar-refractivity contribution >= 4 is 17.7 Å². The number of amides is 2. The number of benzene rings is 1. The number of anilines is 1. The molecule has 144 valence electrons. The first-order chi connectivity index (χ1) is 11.9. The maximum atomic E-state index is 11.8. The highest BCUT2D eigenvalue weighted by Crippen LogP contribution is 2.09. The van der Waals surface area contributed by atoms with Gasteiger partial charge in [-0.05, 0) is 17.7 Å². The molecular weight excluding hydrogens is 318 g/mol. The highest BCUT2D eigenvalue weighted by molar-refractivity contribution is 5.73. The molecule has 1 rings (SSSR count). The van der Waals surface area contributed by atoms with E-state index < -0.39 is 6.09 Å². The SMILES string of the molecule is CC.CC.CNc1ccc(COC(=O)N(C)CCN(C)C(C)=O)cc1. The van der Waals surface area contributed by atoms with Crippen molar-refractivity contribution in [3.8, 4) is 0 Å². The fraction of sp³-hybridized carbons (Fsp3) is 0.579. The molecular formula is C19H35N3O3. The monoisotopic (exact) mass is 353 g/mol. The van der Waals surface area contributed by atoms with E-state index in [4.69, 9.17) is 4.74 Å². The minimum atomic E-state index is -0.398. The third kappa shape index (κ3) is 11.0. The molecule has 0 radical (unpaired) electrons. The van der Waals surface area contributed by atoms with Gasteiger partial charge in [0.1, 0.15) is 6.61 Å². The lowest BCUT2D eigenvalue weighted by molar-refractivity contribution is -0.127. The molecule has 0 unspecified atom stereocenters. The number of rotatable bonds is 6. The molecule has 1 aromatic carbocycles. The van der Waals surface area contributed by atoms with Crippen LogP contribution in [0.25, 0.3) is 0 Å². The number of nitrogens with one attached hydrogen (secondary N) is 1. The minimum absolute atomic E-state index is 0.0265. The molecule has 6 heteroatoms. The van der Waals surface area contributed by atoms with Crippen LogP contribution in [0, 0.1) is 0 Å². The lowest BCUT2D eigenvalue weighted by Crippen LogP contribution is -2.36. The Morgan fingerprint density at radius 1 is 0.960 bits per heavy atom. The number of likely N-dealkylation sites (N-methyl/N-ethyl adjacent to an activating group) is 2. The number of ether oxygens (including phenoxy) is 1. The molecule has 0 bridgehead atoms. The molecule has 0 aliphatic heterocycles. The minimum Gasteiger partial charge on any atom is -0.445 e. The van der Waals surface area contributed by atoms with Crippen LogP contribution in [0.5, 0.6) is 0 Å². The topological polar surface area (TPSA) is 61.9 Å². The van der Waals surface area contributed by atoms with E-state index >= 15 is 0 Å². The van der Waals surface area contributed by atoms with E-state index in [2.05, 4.69) is 5.32 Å². The maximum absolute atomic E-state index is 11.8. The summed E-state index contributed by atoms with van der Waals surface area (Å²) >= 11 is 0. The van der Waals surface area contributed by atoms with E-state index in [0.717, 1.165) is 11.3 Å². The molecule has 6 nitrogen and oxygen atoms in total. The Morgan fingerprint density at radius 3 is 1.88 bits per heavy atom. The van der Waals surface area contributed by atoms with Crippen LogP contribution in [0.2, 0.25) is 0 Å². The smallest absolute Gasteiger partial charge is 0.409 e. The van der Waals surface area contributed by atoms with E-state index in [1.807, 2.05) is 59.0 Å². The number of hydrogen-bond acceptors (Lipinski definition) is 4. The Morgan fingerprint density at radius 2 is 1.44 bits per heavy atom. The van der Waals surface area contributed by atoms with Crippen molar-refractivity contribution in [1.82, 2.24) is 9.80 Å². The van der Waals surface area contributed by atoms with Crippen molar-refractivity contribution in [1.29, 1.82) is 0 Å². The van der Waals surface area contributed by atoms with Crippen molar-refractivity contribution in [3.05, 3.63) is 29.8 Å². The van der Waals surface area contributed by atoms with Crippen molar-refractivity contribution in [2.45, 2.75) is 41.2 Å². The number of nitrogens with zero attached hydrogens (tertiary/aromatic N) is 2. The molecule has 0 spiro atoms. The van der Waals surface area contributed by atoms with Gasteiger partial charge in [0.2, 0.25) is 5.91 Å². The highest BCUT2D eigenvalue weighted by atomic mass is 16.6. The zero-order chi connectivity index (χ0) is 19.8. The van der Waals surface area contributed by atoms with Gasteiger partial charge >= 0.3 is 6.09 Å². The van der Waals surface area contributed by atoms with Gasteiger partial charge in [0.05, 0.1) is 0 Å². The van der Waals surface area contributed by atoms with Crippen LogP contribution in [0.3, 0.4) is 0 Å².